The highest BCUT2D eigenvalue weighted by Gasteiger charge is 2.29. The third-order valence-corrected chi connectivity index (χ3v) is 9.39. The Hall–Kier alpha value is -6.11. The normalized spacial score (nSPS) is 10.8. The van der Waals surface area contributed by atoms with E-state index in [0.29, 0.717) is 16.7 Å². The van der Waals surface area contributed by atoms with Crippen molar-refractivity contribution in [1.82, 2.24) is 16.1 Å². The van der Waals surface area contributed by atoms with E-state index in [9.17, 15) is 14.4 Å². The van der Waals surface area contributed by atoms with Crippen molar-refractivity contribution in [2.75, 3.05) is 6.61 Å². The summed E-state index contributed by atoms with van der Waals surface area (Å²) in [7, 11) is 0. The number of aliphatic hydroxyl groups is 1. The van der Waals surface area contributed by atoms with Gasteiger partial charge in [-0.15, -0.1) is 0 Å². The van der Waals surface area contributed by atoms with Crippen LogP contribution in [0.2, 0.25) is 0 Å². The molecule has 7 aromatic carbocycles. The second-order valence-electron chi connectivity index (χ2n) is 12.2. The van der Waals surface area contributed by atoms with E-state index >= 15 is 0 Å². The molecule has 0 radical (unpaired) electrons. The van der Waals surface area contributed by atoms with Gasteiger partial charge in [-0.05, 0) is 53.1 Å². The maximum Gasteiger partial charge on any atom is 0.300 e. The molecule has 0 fully saturated rings. The van der Waals surface area contributed by atoms with Crippen molar-refractivity contribution < 1.29 is 29.4 Å². The molecule has 0 amide bonds. The van der Waals surface area contributed by atoms with Crippen molar-refractivity contribution in [3.8, 4) is 22.5 Å². The zero-order valence-electron chi connectivity index (χ0n) is 31.1. The summed E-state index contributed by atoms with van der Waals surface area (Å²) in [6.07, 6.45) is 0.826. The summed E-state index contributed by atoms with van der Waals surface area (Å²) in [4.78, 5) is 51.2. The number of rotatable bonds is 2. The van der Waals surface area contributed by atoms with Gasteiger partial charge in [0, 0.05) is 55.5 Å². The van der Waals surface area contributed by atoms with Gasteiger partial charge >= 0.3 is 0 Å². The Kier molecular flexibility index (Phi) is 15.8. The molecular formula is C46H39Br2N3O6. The molecule has 1 aliphatic carbocycles. The lowest BCUT2D eigenvalue weighted by atomic mass is 9.84. The van der Waals surface area contributed by atoms with Gasteiger partial charge in [0.1, 0.15) is 12.1 Å². The van der Waals surface area contributed by atoms with Crippen LogP contribution in [0.25, 0.3) is 55.1 Å². The average molecular weight is 890 g/mol. The SMILES string of the molecule is Brc1ccc(-c2nc3c4ccccc4c4ccccc4c3[nH]2)cc1.CC(=O)O.CCO.N.O=C1C(=O)c2ccccc2-c2ccccc21.O=Cc1ccc(Br)cc1. The van der Waals surface area contributed by atoms with E-state index in [2.05, 4.69) is 97.5 Å². The molecule has 0 aliphatic heterocycles. The Morgan fingerprint density at radius 2 is 1.00 bits per heavy atom. The maximum atomic E-state index is 11.8. The van der Waals surface area contributed by atoms with Crippen molar-refractivity contribution in [2.45, 2.75) is 13.8 Å². The first kappa shape index (κ1) is 43.6. The van der Waals surface area contributed by atoms with E-state index in [4.69, 9.17) is 20.0 Å². The number of hydrogen-bond donors (Lipinski definition) is 4. The smallest absolute Gasteiger partial charge is 0.300 e. The van der Waals surface area contributed by atoms with Gasteiger partial charge in [-0.2, -0.15) is 0 Å². The fourth-order valence-electron chi connectivity index (χ4n) is 5.99. The van der Waals surface area contributed by atoms with Crippen LogP contribution in [-0.4, -0.2) is 50.6 Å². The number of benzene rings is 7. The third kappa shape index (κ3) is 10.6. The topological polar surface area (TPSA) is 172 Å². The average Bonchev–Trinajstić information content (AvgIpc) is 3.68. The Balaban J connectivity index is 0.000000188. The monoisotopic (exact) mass is 887 g/mol. The van der Waals surface area contributed by atoms with Gasteiger partial charge in [0.05, 0.1) is 11.0 Å². The third-order valence-electron chi connectivity index (χ3n) is 8.34. The quantitative estimate of drug-likeness (QED) is 0.0754. The van der Waals surface area contributed by atoms with Crippen LogP contribution in [0.4, 0.5) is 0 Å². The predicted octanol–water partition coefficient (Wildman–Crippen LogP) is 11.5. The Morgan fingerprint density at radius 3 is 1.46 bits per heavy atom. The van der Waals surface area contributed by atoms with Gasteiger partial charge < -0.3 is 21.3 Å². The minimum absolute atomic E-state index is 0. The summed E-state index contributed by atoms with van der Waals surface area (Å²) < 4.78 is 2.06. The molecule has 1 aliphatic rings. The van der Waals surface area contributed by atoms with Crippen molar-refractivity contribution in [3.05, 3.63) is 171 Å². The fraction of sp³-hybridized carbons (Fsp3) is 0.0652. The number of aliphatic carboxylic acids is 1. The number of Topliss-reactive ketones (excluding diaryl/α,β-unsaturated/α-hetero) is 2. The van der Waals surface area contributed by atoms with E-state index in [-0.39, 0.29) is 12.8 Å². The van der Waals surface area contributed by atoms with Crippen molar-refractivity contribution >= 4 is 88.3 Å². The van der Waals surface area contributed by atoms with Crippen LogP contribution in [0.3, 0.4) is 0 Å². The zero-order chi connectivity index (χ0) is 40.2. The highest BCUT2D eigenvalue weighted by molar-refractivity contribution is 9.10. The van der Waals surface area contributed by atoms with Gasteiger partial charge in [0.15, 0.2) is 0 Å². The van der Waals surface area contributed by atoms with Crippen LogP contribution in [0.15, 0.2) is 155 Å². The summed E-state index contributed by atoms with van der Waals surface area (Å²) in [5, 5.41) is 19.9. The molecule has 57 heavy (non-hydrogen) atoms. The molecule has 8 aromatic rings. The molecule has 1 heterocycles. The van der Waals surface area contributed by atoms with Crippen LogP contribution in [-0.2, 0) is 4.79 Å². The minimum atomic E-state index is -0.833. The summed E-state index contributed by atoms with van der Waals surface area (Å²) in [6.45, 7) is 3.01. The molecule has 9 nitrogen and oxygen atoms in total. The number of imidazole rings is 1. The van der Waals surface area contributed by atoms with Crippen LogP contribution in [0, 0.1) is 0 Å². The summed E-state index contributed by atoms with van der Waals surface area (Å²) in [6, 6.07) is 46.9. The number of ketones is 2. The first-order chi connectivity index (χ1) is 27.1. The van der Waals surface area contributed by atoms with Gasteiger partial charge in [0.25, 0.3) is 5.97 Å². The number of nitrogens with zero attached hydrogens (tertiary/aromatic N) is 1. The molecule has 288 valence electrons. The summed E-state index contributed by atoms with van der Waals surface area (Å²) >= 11 is 6.75. The summed E-state index contributed by atoms with van der Waals surface area (Å²) in [5.74, 6) is -0.748. The van der Waals surface area contributed by atoms with E-state index in [1.807, 2.05) is 48.5 Å². The highest BCUT2D eigenvalue weighted by atomic mass is 79.9. The van der Waals surface area contributed by atoms with E-state index in [1.54, 1.807) is 43.3 Å². The summed E-state index contributed by atoms with van der Waals surface area (Å²) in [5.41, 5.74) is 6.63. The molecule has 0 saturated heterocycles. The lowest BCUT2D eigenvalue weighted by Gasteiger charge is -2.16. The van der Waals surface area contributed by atoms with Gasteiger partial charge in [-0.3, -0.25) is 19.2 Å². The largest absolute Gasteiger partial charge is 0.481 e. The van der Waals surface area contributed by atoms with E-state index in [0.717, 1.165) is 55.7 Å². The van der Waals surface area contributed by atoms with Gasteiger partial charge in [-0.25, -0.2) is 4.98 Å². The predicted molar refractivity (Wildman–Crippen MR) is 235 cm³/mol. The maximum absolute atomic E-state index is 11.8. The van der Waals surface area contributed by atoms with Crippen LogP contribution < -0.4 is 6.15 Å². The lowest BCUT2D eigenvalue weighted by molar-refractivity contribution is -0.134. The van der Waals surface area contributed by atoms with Gasteiger partial charge in [0.2, 0.25) is 11.6 Å². The number of aldehydes is 1. The number of H-pyrrole nitrogens is 1. The first-order valence-corrected chi connectivity index (χ1v) is 19.0. The second-order valence-corrected chi connectivity index (χ2v) is 14.0. The Bertz CT molecular complexity index is 2530. The van der Waals surface area contributed by atoms with Gasteiger partial charge in [-0.1, -0.05) is 153 Å². The number of hydrogen-bond acceptors (Lipinski definition) is 7. The molecular weight excluding hydrogens is 850 g/mol. The minimum Gasteiger partial charge on any atom is -0.481 e. The van der Waals surface area contributed by atoms with Crippen LogP contribution in [0.5, 0.6) is 0 Å². The molecule has 11 heteroatoms. The molecule has 0 saturated carbocycles. The number of fused-ring (bicyclic) bond motifs is 9. The second kappa shape index (κ2) is 20.7. The molecule has 0 bridgehead atoms. The lowest BCUT2D eigenvalue weighted by Crippen LogP contribution is -2.20. The number of aromatic nitrogens is 2. The molecule has 6 N–H and O–H groups in total. The zero-order valence-corrected chi connectivity index (χ0v) is 34.3. The Morgan fingerprint density at radius 1 is 0.632 bits per heavy atom. The number of nitrogens with one attached hydrogen (secondary N) is 1. The highest BCUT2D eigenvalue weighted by Crippen LogP contribution is 2.35. The molecule has 9 rings (SSSR count). The Labute approximate surface area is 346 Å². The van der Waals surface area contributed by atoms with Crippen LogP contribution >= 0.6 is 31.9 Å². The molecule has 0 unspecified atom stereocenters. The number of carbonyl (C=O) groups is 4. The fourth-order valence-corrected chi connectivity index (χ4v) is 6.51. The number of carboxylic acid groups (broad SMARTS) is 1. The van der Waals surface area contributed by atoms with Crippen molar-refractivity contribution in [2.24, 2.45) is 0 Å². The molecule has 0 atom stereocenters. The van der Waals surface area contributed by atoms with Crippen LogP contribution in [0.1, 0.15) is 44.9 Å². The molecule has 0 spiro atoms. The number of carbonyl (C=O) groups excluding carboxylic acids is 3. The number of aromatic amines is 1. The van der Waals surface area contributed by atoms with Crippen molar-refractivity contribution in [1.29, 1.82) is 0 Å². The number of halogens is 2. The number of aliphatic hydroxyl groups excluding tert-OH is 1. The standard InChI is InChI=1S/C21H13BrN2.C14H8O2.C7H5BrO.C2H4O2.C2H6O.H3N/c22-14-11-9-13(10-12-14)21-23-19-17-7-3-1-5-15(17)16-6-2-4-8-18(16)20(19)24-21;15-13-11-7-3-1-5-9(11)10-6-2-4-8-12(10)14(13)16;8-7-3-1-6(5-9)2-4-7;1-2(3)4;1-2-3;/h1-12H,(H,23,24);1-8H;1-5H;1H3,(H,3,4);3H,2H2,1H3;1H3. The number of carboxylic acids is 1. The molecule has 1 aromatic heterocycles. The first-order valence-electron chi connectivity index (χ1n) is 17.4. The van der Waals surface area contributed by atoms with E-state index < -0.39 is 17.5 Å². The van der Waals surface area contributed by atoms with E-state index in [1.165, 1.54) is 21.5 Å². The van der Waals surface area contributed by atoms with Crippen molar-refractivity contribution in [3.63, 3.8) is 0 Å².